The van der Waals surface area contributed by atoms with E-state index in [9.17, 15) is 14.4 Å². The van der Waals surface area contributed by atoms with Gasteiger partial charge in [0, 0.05) is 43.0 Å². The molecule has 24 heavy (non-hydrogen) atoms. The van der Waals surface area contributed by atoms with Gasteiger partial charge in [0.2, 0.25) is 5.91 Å². The van der Waals surface area contributed by atoms with Crippen LogP contribution in [0.15, 0.2) is 47.4 Å². The zero-order valence-corrected chi connectivity index (χ0v) is 13.4. The van der Waals surface area contributed by atoms with Crippen molar-refractivity contribution in [3.63, 3.8) is 0 Å². The maximum absolute atomic E-state index is 12.1. The number of nitrogens with one attached hydrogen (secondary N) is 2. The Balaban J connectivity index is 1.61. The van der Waals surface area contributed by atoms with Gasteiger partial charge in [0.1, 0.15) is 0 Å². The molecule has 1 aromatic carbocycles. The summed E-state index contributed by atoms with van der Waals surface area (Å²) in [5.74, 6) is -0.106. The second-order valence-electron chi connectivity index (χ2n) is 6.01. The second kappa shape index (κ2) is 6.70. The smallest absolute Gasteiger partial charge is 0.251 e. The molecule has 6 heteroatoms. The Morgan fingerprint density at radius 1 is 1.21 bits per heavy atom. The zero-order chi connectivity index (χ0) is 17.1. The van der Waals surface area contributed by atoms with Crippen LogP contribution in [0.4, 0.5) is 5.69 Å². The molecule has 1 saturated carbocycles. The summed E-state index contributed by atoms with van der Waals surface area (Å²) in [6.45, 7) is 0.321. The normalized spacial score (nSPS) is 13.4. The van der Waals surface area contributed by atoms with Crippen molar-refractivity contribution in [2.24, 2.45) is 13.0 Å². The SMILES string of the molecule is Cn1ccc(C(=O)NCc2cccc(NC(=O)C3CC3)c2)cc1=O. The Labute approximate surface area is 139 Å². The molecule has 2 aromatic rings. The minimum Gasteiger partial charge on any atom is -0.348 e. The van der Waals surface area contributed by atoms with Crippen molar-refractivity contribution in [3.8, 4) is 0 Å². The number of carbonyl (C=O) groups excluding carboxylic acids is 2. The van der Waals surface area contributed by atoms with Crippen LogP contribution in [-0.4, -0.2) is 16.4 Å². The van der Waals surface area contributed by atoms with E-state index < -0.39 is 0 Å². The molecule has 1 fully saturated rings. The van der Waals surface area contributed by atoms with Crippen LogP contribution in [0.1, 0.15) is 28.8 Å². The molecule has 1 aliphatic rings. The van der Waals surface area contributed by atoms with Gasteiger partial charge >= 0.3 is 0 Å². The van der Waals surface area contributed by atoms with Gasteiger partial charge in [0.25, 0.3) is 11.5 Å². The maximum atomic E-state index is 12.1. The molecule has 2 N–H and O–H groups in total. The predicted octanol–water partition coefficient (Wildman–Crippen LogP) is 1.66. The summed E-state index contributed by atoms with van der Waals surface area (Å²) in [6, 6.07) is 10.3. The number of nitrogens with zero attached hydrogens (tertiary/aromatic N) is 1. The average molecular weight is 325 g/mol. The molecule has 1 aromatic heterocycles. The first kappa shape index (κ1) is 16.0. The number of amides is 2. The number of aromatic nitrogens is 1. The Morgan fingerprint density at radius 2 is 2.00 bits per heavy atom. The van der Waals surface area contributed by atoms with E-state index >= 15 is 0 Å². The molecule has 0 spiro atoms. The molecule has 0 radical (unpaired) electrons. The largest absolute Gasteiger partial charge is 0.348 e. The van der Waals surface area contributed by atoms with Crippen LogP contribution in [0, 0.1) is 5.92 Å². The van der Waals surface area contributed by atoms with E-state index in [0.717, 1.165) is 24.1 Å². The van der Waals surface area contributed by atoms with Gasteiger partial charge in [-0.05, 0) is 36.6 Å². The van der Waals surface area contributed by atoms with Crippen LogP contribution in [0.3, 0.4) is 0 Å². The van der Waals surface area contributed by atoms with E-state index in [1.807, 2.05) is 24.3 Å². The fourth-order valence-electron chi connectivity index (χ4n) is 2.32. The summed E-state index contributed by atoms with van der Waals surface area (Å²) in [6.07, 6.45) is 3.47. The van der Waals surface area contributed by atoms with Gasteiger partial charge in [-0.25, -0.2) is 0 Å². The third-order valence-corrected chi connectivity index (χ3v) is 3.96. The fourth-order valence-corrected chi connectivity index (χ4v) is 2.32. The highest BCUT2D eigenvalue weighted by Crippen LogP contribution is 2.30. The summed E-state index contributed by atoms with van der Waals surface area (Å²) in [5, 5.41) is 5.66. The number of hydrogen-bond acceptors (Lipinski definition) is 3. The average Bonchev–Trinajstić information content (AvgIpc) is 3.40. The molecule has 0 saturated heterocycles. The molecule has 1 heterocycles. The van der Waals surface area contributed by atoms with Crippen molar-refractivity contribution in [3.05, 3.63) is 64.1 Å². The van der Waals surface area contributed by atoms with E-state index in [2.05, 4.69) is 10.6 Å². The molecule has 3 rings (SSSR count). The summed E-state index contributed by atoms with van der Waals surface area (Å²) in [5.41, 5.74) is 1.71. The Hall–Kier alpha value is -2.89. The molecule has 0 aliphatic heterocycles. The highest BCUT2D eigenvalue weighted by molar-refractivity contribution is 5.94. The fraction of sp³-hybridized carbons (Fsp3) is 0.278. The van der Waals surface area contributed by atoms with E-state index in [4.69, 9.17) is 0 Å². The lowest BCUT2D eigenvalue weighted by Gasteiger charge is -2.09. The first-order valence-electron chi connectivity index (χ1n) is 7.87. The number of hydrogen-bond donors (Lipinski definition) is 2. The van der Waals surface area contributed by atoms with Crippen molar-refractivity contribution in [2.45, 2.75) is 19.4 Å². The Kier molecular flexibility index (Phi) is 4.46. The van der Waals surface area contributed by atoms with E-state index in [1.165, 1.54) is 10.6 Å². The highest BCUT2D eigenvalue weighted by Gasteiger charge is 2.29. The maximum Gasteiger partial charge on any atom is 0.251 e. The molecule has 124 valence electrons. The van der Waals surface area contributed by atoms with Crippen LogP contribution < -0.4 is 16.2 Å². The lowest BCUT2D eigenvalue weighted by atomic mass is 10.2. The van der Waals surface area contributed by atoms with Crippen molar-refractivity contribution in [1.29, 1.82) is 0 Å². The van der Waals surface area contributed by atoms with Gasteiger partial charge in [0.05, 0.1) is 0 Å². The summed E-state index contributed by atoms with van der Waals surface area (Å²) < 4.78 is 1.41. The molecule has 0 atom stereocenters. The topological polar surface area (TPSA) is 80.2 Å². The van der Waals surface area contributed by atoms with Gasteiger partial charge in [-0.3, -0.25) is 14.4 Å². The van der Waals surface area contributed by atoms with E-state index in [1.54, 1.807) is 19.3 Å². The lowest BCUT2D eigenvalue weighted by molar-refractivity contribution is -0.117. The molecular weight excluding hydrogens is 306 g/mol. The summed E-state index contributed by atoms with van der Waals surface area (Å²) >= 11 is 0. The van der Waals surface area contributed by atoms with Crippen LogP contribution in [0.5, 0.6) is 0 Å². The number of anilines is 1. The molecule has 0 unspecified atom stereocenters. The van der Waals surface area contributed by atoms with Gasteiger partial charge < -0.3 is 15.2 Å². The zero-order valence-electron chi connectivity index (χ0n) is 13.4. The predicted molar refractivity (Wildman–Crippen MR) is 90.6 cm³/mol. The number of carbonyl (C=O) groups is 2. The monoisotopic (exact) mass is 325 g/mol. The van der Waals surface area contributed by atoms with Crippen molar-refractivity contribution < 1.29 is 9.59 Å². The number of pyridine rings is 1. The Bertz CT molecular complexity index is 837. The first-order chi connectivity index (χ1) is 11.5. The minimum atomic E-state index is -0.305. The van der Waals surface area contributed by atoms with Crippen LogP contribution >= 0.6 is 0 Å². The second-order valence-corrected chi connectivity index (χ2v) is 6.01. The molecular formula is C18H19N3O3. The van der Waals surface area contributed by atoms with Crippen molar-refractivity contribution in [2.75, 3.05) is 5.32 Å². The van der Waals surface area contributed by atoms with Gasteiger partial charge in [-0.1, -0.05) is 12.1 Å². The number of benzene rings is 1. The highest BCUT2D eigenvalue weighted by atomic mass is 16.2. The molecule has 2 amide bonds. The van der Waals surface area contributed by atoms with Crippen molar-refractivity contribution in [1.82, 2.24) is 9.88 Å². The standard InChI is InChI=1S/C18H19N3O3/c1-21-8-7-14(10-16(21)22)17(23)19-11-12-3-2-4-15(9-12)20-18(24)13-5-6-13/h2-4,7-10,13H,5-6,11H2,1H3,(H,19,23)(H,20,24). The summed E-state index contributed by atoms with van der Waals surface area (Å²) in [7, 11) is 1.63. The molecule has 1 aliphatic carbocycles. The van der Waals surface area contributed by atoms with Crippen LogP contribution in [0.25, 0.3) is 0 Å². The number of rotatable bonds is 5. The quantitative estimate of drug-likeness (QED) is 0.877. The molecule has 6 nitrogen and oxygen atoms in total. The van der Waals surface area contributed by atoms with Gasteiger partial charge in [-0.2, -0.15) is 0 Å². The van der Waals surface area contributed by atoms with Crippen LogP contribution in [0.2, 0.25) is 0 Å². The van der Waals surface area contributed by atoms with Crippen molar-refractivity contribution >= 4 is 17.5 Å². The summed E-state index contributed by atoms with van der Waals surface area (Å²) in [4.78, 5) is 35.5. The van der Waals surface area contributed by atoms with Crippen LogP contribution in [-0.2, 0) is 18.4 Å². The third kappa shape index (κ3) is 3.90. The van der Waals surface area contributed by atoms with Gasteiger partial charge in [-0.15, -0.1) is 0 Å². The van der Waals surface area contributed by atoms with E-state index in [0.29, 0.717) is 12.1 Å². The minimum absolute atomic E-state index is 0.0521. The third-order valence-electron chi connectivity index (χ3n) is 3.96. The number of aryl methyl sites for hydroxylation is 1. The Morgan fingerprint density at radius 3 is 2.71 bits per heavy atom. The molecule has 0 bridgehead atoms. The lowest BCUT2D eigenvalue weighted by Crippen LogP contribution is -2.25. The van der Waals surface area contributed by atoms with Gasteiger partial charge in [0.15, 0.2) is 0 Å². The van der Waals surface area contributed by atoms with E-state index in [-0.39, 0.29) is 23.3 Å². The first-order valence-corrected chi connectivity index (χ1v) is 7.87.